The molecule has 3 rings (SSSR count). The van der Waals surface area contributed by atoms with Gasteiger partial charge in [0.1, 0.15) is 16.6 Å². The van der Waals surface area contributed by atoms with Gasteiger partial charge in [-0.05, 0) is 12.1 Å². The topological polar surface area (TPSA) is 91.4 Å². The highest BCUT2D eigenvalue weighted by atomic mass is 35.5. The first kappa shape index (κ1) is 21.8. The van der Waals surface area contributed by atoms with Crippen LogP contribution < -0.4 is 15.8 Å². The Kier molecular flexibility index (Phi) is 7.40. The van der Waals surface area contributed by atoms with Crippen LogP contribution in [-0.4, -0.2) is 34.3 Å². The number of nitrogens with one attached hydrogen (secondary N) is 2. The van der Waals surface area contributed by atoms with E-state index in [4.69, 9.17) is 23.2 Å². The molecule has 1 aromatic heterocycles. The van der Waals surface area contributed by atoms with Crippen LogP contribution in [0.4, 0.5) is 16.6 Å². The van der Waals surface area contributed by atoms with Gasteiger partial charge in [0.2, 0.25) is 11.7 Å². The fourth-order valence-electron chi connectivity index (χ4n) is 2.52. The molecule has 0 saturated heterocycles. The maximum atomic E-state index is 13.1. The number of hydrazine groups is 1. The highest BCUT2D eigenvalue weighted by molar-refractivity contribution is 7.18. The summed E-state index contributed by atoms with van der Waals surface area (Å²) in [5.41, 5.74) is 5.98. The van der Waals surface area contributed by atoms with Crippen molar-refractivity contribution in [2.24, 2.45) is 0 Å². The number of benzene rings is 2. The van der Waals surface area contributed by atoms with Gasteiger partial charge in [0, 0.05) is 5.56 Å². The summed E-state index contributed by atoms with van der Waals surface area (Å²) in [4.78, 5) is 43.1. The van der Waals surface area contributed by atoms with Crippen LogP contribution in [0.1, 0.15) is 15.2 Å². The third-order valence-corrected chi connectivity index (χ3v) is 5.38. The van der Waals surface area contributed by atoms with Crippen LogP contribution in [0.15, 0.2) is 60.7 Å². The first-order valence-electron chi connectivity index (χ1n) is 8.70. The maximum absolute atomic E-state index is 13.1. The smallest absolute Gasteiger partial charge is 0.253 e. The average molecular weight is 463 g/mol. The summed E-state index contributed by atoms with van der Waals surface area (Å²) < 4.78 is 0. The number of carbonyl (C=O) groups is 3. The number of thiazole rings is 1. The highest BCUT2D eigenvalue weighted by Crippen LogP contribution is 2.35. The molecular formula is C20H16Cl2N4O3S. The minimum absolute atomic E-state index is 0.102. The predicted molar refractivity (Wildman–Crippen MR) is 119 cm³/mol. The Morgan fingerprint density at radius 2 is 1.57 bits per heavy atom. The van der Waals surface area contributed by atoms with Gasteiger partial charge in [-0.25, -0.2) is 0 Å². The predicted octanol–water partition coefficient (Wildman–Crippen LogP) is 3.96. The molecule has 0 bridgehead atoms. The van der Waals surface area contributed by atoms with Crippen molar-refractivity contribution in [3.63, 3.8) is 0 Å². The van der Waals surface area contributed by atoms with E-state index in [1.54, 1.807) is 54.6 Å². The lowest BCUT2D eigenvalue weighted by atomic mass is 10.1. The van der Waals surface area contributed by atoms with Gasteiger partial charge in [0.25, 0.3) is 5.91 Å². The number of amides is 2. The second-order valence-electron chi connectivity index (χ2n) is 5.87. The van der Waals surface area contributed by atoms with Crippen molar-refractivity contribution >= 4 is 68.8 Å². The van der Waals surface area contributed by atoms with Crippen molar-refractivity contribution in [3.8, 4) is 0 Å². The van der Waals surface area contributed by atoms with Crippen LogP contribution >= 0.6 is 34.5 Å². The molecule has 0 aliphatic rings. The Morgan fingerprint density at radius 1 is 0.933 bits per heavy atom. The monoisotopic (exact) mass is 462 g/mol. The molecule has 2 N–H and O–H groups in total. The summed E-state index contributed by atoms with van der Waals surface area (Å²) in [6, 6.07) is 17.4. The zero-order valence-electron chi connectivity index (χ0n) is 15.5. The van der Waals surface area contributed by atoms with Crippen LogP contribution in [0.2, 0.25) is 0 Å². The second-order valence-corrected chi connectivity index (χ2v) is 7.39. The fourth-order valence-corrected chi connectivity index (χ4v) is 3.73. The Hall–Kier alpha value is -2.94. The standard InChI is InChI=1S/C20H16Cl2N4O3S/c21-11-15(27)24-25-19-18(17(29)13-7-3-1-4-8-13)30-20(23-19)26(16(28)12-22)14-9-5-2-6-10-14/h1-10,25H,11-12H2,(H,24,27). The summed E-state index contributed by atoms with van der Waals surface area (Å²) in [7, 11) is 0. The van der Waals surface area contributed by atoms with Crippen molar-refractivity contribution in [1.29, 1.82) is 0 Å². The Morgan fingerprint density at radius 3 is 2.17 bits per heavy atom. The van der Waals surface area contributed by atoms with Crippen LogP contribution in [0.3, 0.4) is 0 Å². The van der Waals surface area contributed by atoms with Crippen LogP contribution in [0, 0.1) is 0 Å². The Balaban J connectivity index is 2.06. The van der Waals surface area contributed by atoms with Crippen LogP contribution in [-0.2, 0) is 9.59 Å². The molecule has 0 atom stereocenters. The van der Waals surface area contributed by atoms with Gasteiger partial charge in [0.15, 0.2) is 10.9 Å². The summed E-state index contributed by atoms with van der Waals surface area (Å²) >= 11 is 12.3. The number of alkyl halides is 2. The SMILES string of the molecule is O=C(CCl)NNc1nc(N(C(=O)CCl)c2ccccc2)sc1C(=O)c1ccccc1. The lowest BCUT2D eigenvalue weighted by molar-refractivity contribution is -0.118. The molecule has 10 heteroatoms. The van der Waals surface area contributed by atoms with E-state index in [-0.39, 0.29) is 33.4 Å². The maximum Gasteiger partial charge on any atom is 0.253 e. The van der Waals surface area contributed by atoms with Gasteiger partial charge in [0.05, 0.1) is 5.69 Å². The van der Waals surface area contributed by atoms with E-state index < -0.39 is 11.8 Å². The third-order valence-electron chi connectivity index (χ3n) is 3.87. The number of aromatic nitrogens is 1. The van der Waals surface area contributed by atoms with E-state index in [2.05, 4.69) is 15.8 Å². The Bertz CT molecular complexity index is 1040. The van der Waals surface area contributed by atoms with E-state index in [0.29, 0.717) is 11.3 Å². The number of hydrogen-bond acceptors (Lipinski definition) is 6. The molecule has 0 aliphatic heterocycles. The lowest BCUT2D eigenvalue weighted by Gasteiger charge is -2.18. The molecule has 30 heavy (non-hydrogen) atoms. The van der Waals surface area contributed by atoms with Crippen molar-refractivity contribution in [3.05, 3.63) is 71.1 Å². The second kappa shape index (κ2) is 10.2. The van der Waals surface area contributed by atoms with E-state index in [0.717, 1.165) is 11.3 Å². The number of carbonyl (C=O) groups excluding carboxylic acids is 3. The van der Waals surface area contributed by atoms with Gasteiger partial charge in [-0.15, -0.1) is 23.2 Å². The van der Waals surface area contributed by atoms with Gasteiger partial charge in [-0.2, -0.15) is 4.98 Å². The quantitative estimate of drug-likeness (QED) is 0.300. The molecule has 7 nitrogen and oxygen atoms in total. The third kappa shape index (κ3) is 4.96. The summed E-state index contributed by atoms with van der Waals surface area (Å²) in [5, 5.41) is 0.230. The molecular weight excluding hydrogens is 447 g/mol. The first-order chi connectivity index (χ1) is 14.5. The molecule has 0 unspecified atom stereocenters. The molecule has 0 radical (unpaired) electrons. The number of para-hydroxylation sites is 1. The minimum atomic E-state index is -0.499. The minimum Gasteiger partial charge on any atom is -0.288 e. The highest BCUT2D eigenvalue weighted by Gasteiger charge is 2.26. The fraction of sp³-hybridized carbons (Fsp3) is 0.100. The van der Waals surface area contributed by atoms with Crippen molar-refractivity contribution in [2.45, 2.75) is 0 Å². The molecule has 0 aliphatic carbocycles. The normalized spacial score (nSPS) is 10.3. The van der Waals surface area contributed by atoms with Gasteiger partial charge < -0.3 is 0 Å². The van der Waals surface area contributed by atoms with Crippen molar-refractivity contribution < 1.29 is 14.4 Å². The summed E-state index contributed by atoms with van der Waals surface area (Å²) in [5.74, 6) is -1.67. The van der Waals surface area contributed by atoms with Crippen molar-refractivity contribution in [2.75, 3.05) is 22.1 Å². The number of ketones is 1. The Labute approximate surface area is 186 Å². The van der Waals surface area contributed by atoms with E-state index in [1.165, 1.54) is 4.90 Å². The van der Waals surface area contributed by atoms with Gasteiger partial charge in [-0.3, -0.25) is 30.1 Å². The molecule has 1 heterocycles. The van der Waals surface area contributed by atoms with Gasteiger partial charge in [-0.1, -0.05) is 59.9 Å². The van der Waals surface area contributed by atoms with Crippen LogP contribution in [0.5, 0.6) is 0 Å². The molecule has 2 aromatic carbocycles. The van der Waals surface area contributed by atoms with Crippen molar-refractivity contribution in [1.82, 2.24) is 10.4 Å². The molecule has 0 fully saturated rings. The molecule has 3 aromatic rings. The molecule has 0 saturated carbocycles. The van der Waals surface area contributed by atoms with Gasteiger partial charge >= 0.3 is 0 Å². The number of hydrogen-bond donors (Lipinski definition) is 2. The average Bonchev–Trinajstić information content (AvgIpc) is 3.21. The van der Waals surface area contributed by atoms with Crippen LogP contribution in [0.25, 0.3) is 0 Å². The number of rotatable bonds is 8. The zero-order chi connectivity index (χ0) is 21.5. The molecule has 0 spiro atoms. The molecule has 154 valence electrons. The first-order valence-corrected chi connectivity index (χ1v) is 10.6. The lowest BCUT2D eigenvalue weighted by Crippen LogP contribution is -2.31. The van der Waals surface area contributed by atoms with E-state index >= 15 is 0 Å². The zero-order valence-corrected chi connectivity index (χ0v) is 17.8. The summed E-state index contributed by atoms with van der Waals surface area (Å²) in [6.45, 7) is 0. The molecule has 2 amide bonds. The van der Waals surface area contributed by atoms with E-state index in [1.807, 2.05) is 6.07 Å². The largest absolute Gasteiger partial charge is 0.288 e. The number of halogens is 2. The number of anilines is 3. The number of nitrogens with zero attached hydrogens (tertiary/aromatic N) is 2. The summed E-state index contributed by atoms with van der Waals surface area (Å²) in [6.07, 6.45) is 0. The van der Waals surface area contributed by atoms with E-state index in [9.17, 15) is 14.4 Å².